The van der Waals surface area contributed by atoms with Crippen molar-refractivity contribution in [2.45, 2.75) is 0 Å². The van der Waals surface area contributed by atoms with E-state index in [0.29, 0.717) is 29.2 Å². The van der Waals surface area contributed by atoms with Crippen LogP contribution in [0.1, 0.15) is 0 Å². The van der Waals surface area contributed by atoms with Crippen LogP contribution in [-0.4, -0.2) is 67.2 Å². The van der Waals surface area contributed by atoms with E-state index in [2.05, 4.69) is 40.3 Å². The molecule has 0 unspecified atom stereocenters. The summed E-state index contributed by atoms with van der Waals surface area (Å²) < 4.78 is 14.6. The number of aromatic nitrogens is 7. The summed E-state index contributed by atoms with van der Waals surface area (Å²) in [6.07, 6.45) is 6.73. The molecule has 0 aliphatic rings. The van der Waals surface area contributed by atoms with Gasteiger partial charge >= 0.3 is 0 Å². The lowest BCUT2D eigenvalue weighted by molar-refractivity contribution is 0.425. The number of H-pyrrole nitrogens is 2. The van der Waals surface area contributed by atoms with Crippen LogP contribution in [0.5, 0.6) is 0 Å². The van der Waals surface area contributed by atoms with Gasteiger partial charge in [-0.3, -0.25) is 5.10 Å². The Kier molecular flexibility index (Phi) is 5.78. The standard InChI is InChI=1S/C27H24FN9/c1-37(2)8-7-31-20-10-17(9-19(28)12-20)21-5-6-32-26-24(21)33-27(34-26)25-22-11-16(3-4-23(22)35-36-25)18-13-29-15-30-14-18/h3-6,9-15,31H,7-8H2,1-2H3,(H,35,36)(H,32,33,34). The molecule has 4 heterocycles. The molecular weight excluding hydrogens is 469 g/mol. The van der Waals surface area contributed by atoms with Crippen molar-refractivity contribution in [3.8, 4) is 33.8 Å². The molecule has 0 spiro atoms. The lowest BCUT2D eigenvalue weighted by Gasteiger charge is -2.13. The van der Waals surface area contributed by atoms with Gasteiger partial charge in [-0.15, -0.1) is 0 Å². The number of halogens is 1. The van der Waals surface area contributed by atoms with Gasteiger partial charge in [0.15, 0.2) is 11.5 Å². The van der Waals surface area contributed by atoms with Gasteiger partial charge in [0.05, 0.1) is 11.0 Å². The van der Waals surface area contributed by atoms with Gasteiger partial charge in [-0.2, -0.15) is 5.10 Å². The molecule has 0 bridgehead atoms. The number of nitrogens with one attached hydrogen (secondary N) is 3. The molecule has 0 saturated carbocycles. The number of hydrogen-bond donors (Lipinski definition) is 3. The molecule has 10 heteroatoms. The number of likely N-dealkylation sites (N-methyl/N-ethyl adjacent to an activating group) is 1. The fourth-order valence-corrected chi connectivity index (χ4v) is 4.36. The van der Waals surface area contributed by atoms with Crippen molar-refractivity contribution in [1.82, 2.24) is 40.0 Å². The molecule has 3 N–H and O–H groups in total. The third-order valence-corrected chi connectivity index (χ3v) is 6.17. The van der Waals surface area contributed by atoms with E-state index in [4.69, 9.17) is 4.98 Å². The van der Waals surface area contributed by atoms with E-state index in [-0.39, 0.29) is 5.82 Å². The summed E-state index contributed by atoms with van der Waals surface area (Å²) in [6, 6.07) is 12.8. The fraction of sp³-hybridized carbons (Fsp3) is 0.148. The Morgan fingerprint density at radius 3 is 2.68 bits per heavy atom. The van der Waals surface area contributed by atoms with Crippen LogP contribution in [0.15, 0.2) is 67.4 Å². The van der Waals surface area contributed by atoms with Crippen LogP contribution in [0.2, 0.25) is 0 Å². The Morgan fingerprint density at radius 2 is 1.84 bits per heavy atom. The number of pyridine rings is 1. The second-order valence-electron chi connectivity index (χ2n) is 9.06. The van der Waals surface area contributed by atoms with Crippen molar-refractivity contribution < 1.29 is 4.39 Å². The molecule has 0 fully saturated rings. The molecule has 6 aromatic rings. The van der Waals surface area contributed by atoms with E-state index in [0.717, 1.165) is 45.4 Å². The second-order valence-corrected chi connectivity index (χ2v) is 9.06. The zero-order valence-corrected chi connectivity index (χ0v) is 20.3. The minimum absolute atomic E-state index is 0.315. The first-order valence-corrected chi connectivity index (χ1v) is 11.8. The van der Waals surface area contributed by atoms with Gasteiger partial charge < -0.3 is 15.2 Å². The minimum Gasteiger partial charge on any atom is -0.384 e. The maximum atomic E-state index is 14.6. The summed E-state index contributed by atoms with van der Waals surface area (Å²) in [7, 11) is 4.00. The average molecular weight is 494 g/mol. The molecule has 2 aromatic carbocycles. The number of imidazole rings is 1. The lowest BCUT2D eigenvalue weighted by Crippen LogP contribution is -2.20. The van der Waals surface area contributed by atoms with Crippen LogP contribution in [0.3, 0.4) is 0 Å². The van der Waals surface area contributed by atoms with Gasteiger partial charge in [0.2, 0.25) is 0 Å². The molecule has 0 aliphatic heterocycles. The molecule has 184 valence electrons. The number of hydrogen-bond acceptors (Lipinski definition) is 7. The topological polar surface area (TPSA) is 111 Å². The monoisotopic (exact) mass is 493 g/mol. The summed E-state index contributed by atoms with van der Waals surface area (Å²) in [4.78, 5) is 22.9. The number of rotatable bonds is 7. The van der Waals surface area contributed by atoms with Gasteiger partial charge in [-0.05, 0) is 61.6 Å². The normalized spacial score (nSPS) is 11.6. The molecule has 0 atom stereocenters. The third kappa shape index (κ3) is 4.50. The maximum Gasteiger partial charge on any atom is 0.178 e. The van der Waals surface area contributed by atoms with E-state index in [1.54, 1.807) is 18.6 Å². The zero-order valence-electron chi connectivity index (χ0n) is 20.3. The molecule has 0 aliphatic carbocycles. The summed E-state index contributed by atoms with van der Waals surface area (Å²) in [5.74, 6) is 0.258. The van der Waals surface area contributed by atoms with Crippen LogP contribution < -0.4 is 5.32 Å². The number of fused-ring (bicyclic) bond motifs is 2. The van der Waals surface area contributed by atoms with Crippen LogP contribution in [-0.2, 0) is 0 Å². The van der Waals surface area contributed by atoms with Gasteiger partial charge in [-0.1, -0.05) is 6.07 Å². The third-order valence-electron chi connectivity index (χ3n) is 6.17. The van der Waals surface area contributed by atoms with Crippen molar-refractivity contribution in [1.29, 1.82) is 0 Å². The van der Waals surface area contributed by atoms with Crippen molar-refractivity contribution >= 4 is 27.8 Å². The summed E-state index contributed by atoms with van der Waals surface area (Å²) in [6.45, 7) is 1.55. The smallest absolute Gasteiger partial charge is 0.178 e. The molecule has 6 rings (SSSR count). The molecule has 9 nitrogen and oxygen atoms in total. The second kappa shape index (κ2) is 9.40. The van der Waals surface area contributed by atoms with Crippen molar-refractivity contribution in [2.75, 3.05) is 32.5 Å². The Balaban J connectivity index is 1.41. The van der Waals surface area contributed by atoms with Gasteiger partial charge in [-0.25, -0.2) is 24.3 Å². The zero-order chi connectivity index (χ0) is 25.4. The van der Waals surface area contributed by atoms with Gasteiger partial charge in [0.25, 0.3) is 0 Å². The summed E-state index contributed by atoms with van der Waals surface area (Å²) in [5, 5.41) is 11.8. The molecule has 37 heavy (non-hydrogen) atoms. The molecule has 4 aromatic heterocycles. The number of nitrogens with zero attached hydrogens (tertiary/aromatic N) is 6. The number of aromatic amines is 2. The van der Waals surface area contributed by atoms with Gasteiger partial charge in [0, 0.05) is 53.9 Å². The number of benzene rings is 2. The van der Waals surface area contributed by atoms with E-state index in [9.17, 15) is 4.39 Å². The molecule has 0 radical (unpaired) electrons. The van der Waals surface area contributed by atoms with Gasteiger partial charge in [0.1, 0.15) is 17.8 Å². The van der Waals surface area contributed by atoms with E-state index in [1.165, 1.54) is 18.5 Å². The van der Waals surface area contributed by atoms with Crippen LogP contribution in [0.4, 0.5) is 10.1 Å². The Morgan fingerprint density at radius 1 is 0.973 bits per heavy atom. The first-order chi connectivity index (χ1) is 18.0. The lowest BCUT2D eigenvalue weighted by atomic mass is 10.0. The number of anilines is 1. The Bertz CT molecular complexity index is 1710. The predicted molar refractivity (Wildman–Crippen MR) is 142 cm³/mol. The highest BCUT2D eigenvalue weighted by Gasteiger charge is 2.17. The fourth-order valence-electron chi connectivity index (χ4n) is 4.36. The SMILES string of the molecule is CN(C)CCNc1cc(F)cc(-c2ccnc3nc(-c4n[nH]c5ccc(-c6cncnc6)cc45)[nH]c23)c1. The maximum absolute atomic E-state index is 14.6. The first-order valence-electron chi connectivity index (χ1n) is 11.8. The van der Waals surface area contributed by atoms with Crippen molar-refractivity contribution in [3.63, 3.8) is 0 Å². The van der Waals surface area contributed by atoms with Crippen LogP contribution >= 0.6 is 0 Å². The molecule has 0 amide bonds. The van der Waals surface area contributed by atoms with Crippen LogP contribution in [0.25, 0.3) is 55.8 Å². The average Bonchev–Trinajstić information content (AvgIpc) is 3.52. The highest BCUT2D eigenvalue weighted by atomic mass is 19.1. The minimum atomic E-state index is -0.315. The van der Waals surface area contributed by atoms with Crippen molar-refractivity contribution in [2.24, 2.45) is 0 Å². The van der Waals surface area contributed by atoms with Crippen molar-refractivity contribution in [3.05, 3.63) is 73.2 Å². The van der Waals surface area contributed by atoms with E-state index in [1.807, 2.05) is 44.4 Å². The summed E-state index contributed by atoms with van der Waals surface area (Å²) in [5.41, 5.74) is 6.93. The van der Waals surface area contributed by atoms with E-state index >= 15 is 0 Å². The summed E-state index contributed by atoms with van der Waals surface area (Å²) >= 11 is 0. The highest BCUT2D eigenvalue weighted by Crippen LogP contribution is 2.33. The highest BCUT2D eigenvalue weighted by molar-refractivity contribution is 5.97. The quantitative estimate of drug-likeness (QED) is 0.295. The Hall–Kier alpha value is -4.70. The molecule has 0 saturated heterocycles. The predicted octanol–water partition coefficient (Wildman–Crippen LogP) is 4.74. The Labute approximate surface area is 211 Å². The first kappa shape index (κ1) is 22.7. The van der Waals surface area contributed by atoms with E-state index < -0.39 is 0 Å². The largest absolute Gasteiger partial charge is 0.384 e. The molecular formula is C27H24FN9. The van der Waals surface area contributed by atoms with Crippen LogP contribution in [0, 0.1) is 5.82 Å².